The fourth-order valence-corrected chi connectivity index (χ4v) is 4.83. The highest BCUT2D eigenvalue weighted by atomic mass is 35.5. The molecule has 2 aromatic rings. The molecule has 1 aliphatic heterocycles. The second-order valence-corrected chi connectivity index (χ2v) is 9.39. The van der Waals surface area contributed by atoms with Crippen LogP contribution in [0.1, 0.15) is 42.9 Å². The molecular formula is C25H29Cl2N3. The monoisotopic (exact) mass is 441 g/mol. The van der Waals surface area contributed by atoms with Crippen molar-refractivity contribution in [2.75, 3.05) is 27.2 Å². The fourth-order valence-electron chi connectivity index (χ4n) is 4.58. The first-order chi connectivity index (χ1) is 14.5. The molecule has 0 saturated heterocycles. The molecule has 1 fully saturated rings. The SMILES string of the molecule is CN(C)CCCN1N=C2C(=Cc3ccc(Cl)cc3)CCCC2C1c1ccc(Cl)cc1. The van der Waals surface area contributed by atoms with Gasteiger partial charge >= 0.3 is 0 Å². The average molecular weight is 442 g/mol. The summed E-state index contributed by atoms with van der Waals surface area (Å²) in [4.78, 5) is 2.24. The van der Waals surface area contributed by atoms with E-state index in [1.165, 1.54) is 35.3 Å². The maximum atomic E-state index is 6.17. The van der Waals surface area contributed by atoms with Crippen LogP contribution in [0.15, 0.2) is 59.2 Å². The number of nitrogens with zero attached hydrogens (tertiary/aromatic N) is 3. The van der Waals surface area contributed by atoms with Crippen molar-refractivity contribution in [3.05, 3.63) is 75.3 Å². The van der Waals surface area contributed by atoms with Gasteiger partial charge in [-0.3, -0.25) is 5.01 Å². The van der Waals surface area contributed by atoms with Crippen LogP contribution in [0.3, 0.4) is 0 Å². The van der Waals surface area contributed by atoms with E-state index in [0.29, 0.717) is 5.92 Å². The lowest BCUT2D eigenvalue weighted by Crippen LogP contribution is -2.29. The van der Waals surface area contributed by atoms with E-state index in [0.717, 1.165) is 36.0 Å². The Morgan fingerprint density at radius 3 is 2.37 bits per heavy atom. The number of fused-ring (bicyclic) bond motifs is 1. The van der Waals surface area contributed by atoms with Crippen molar-refractivity contribution in [3.8, 4) is 0 Å². The first-order valence-electron chi connectivity index (χ1n) is 10.7. The van der Waals surface area contributed by atoms with E-state index in [-0.39, 0.29) is 6.04 Å². The molecule has 0 bridgehead atoms. The molecule has 0 aromatic heterocycles. The van der Waals surface area contributed by atoms with Gasteiger partial charge in [-0.2, -0.15) is 5.10 Å². The van der Waals surface area contributed by atoms with Gasteiger partial charge in [-0.15, -0.1) is 0 Å². The molecule has 30 heavy (non-hydrogen) atoms. The minimum Gasteiger partial charge on any atom is -0.309 e. The zero-order valence-electron chi connectivity index (χ0n) is 17.7. The van der Waals surface area contributed by atoms with E-state index in [1.54, 1.807) is 0 Å². The maximum absolute atomic E-state index is 6.17. The quantitative estimate of drug-likeness (QED) is 0.506. The summed E-state index contributed by atoms with van der Waals surface area (Å²) < 4.78 is 0. The smallest absolute Gasteiger partial charge is 0.0804 e. The van der Waals surface area contributed by atoms with Crippen LogP contribution in [-0.2, 0) is 0 Å². The summed E-state index contributed by atoms with van der Waals surface area (Å²) in [7, 11) is 4.25. The molecule has 4 rings (SSSR count). The van der Waals surface area contributed by atoms with Crippen molar-refractivity contribution < 1.29 is 0 Å². The molecule has 1 saturated carbocycles. The highest BCUT2D eigenvalue weighted by molar-refractivity contribution is 6.30. The van der Waals surface area contributed by atoms with Crippen molar-refractivity contribution in [1.29, 1.82) is 0 Å². The number of halogens is 2. The Kier molecular flexibility index (Phi) is 6.82. The third-order valence-corrected chi connectivity index (χ3v) is 6.50. The Labute approximate surface area is 190 Å². The van der Waals surface area contributed by atoms with Crippen LogP contribution < -0.4 is 0 Å². The number of allylic oxidation sites excluding steroid dienone is 1. The Morgan fingerprint density at radius 1 is 1.03 bits per heavy atom. The predicted octanol–water partition coefficient (Wildman–Crippen LogP) is 6.54. The number of hydrogen-bond acceptors (Lipinski definition) is 3. The summed E-state index contributed by atoms with van der Waals surface area (Å²) in [5, 5.41) is 9.07. The van der Waals surface area contributed by atoms with Crippen LogP contribution in [0, 0.1) is 5.92 Å². The highest BCUT2D eigenvalue weighted by Crippen LogP contribution is 2.44. The first-order valence-corrected chi connectivity index (χ1v) is 11.5. The van der Waals surface area contributed by atoms with E-state index in [9.17, 15) is 0 Å². The minimum atomic E-state index is 0.286. The zero-order valence-corrected chi connectivity index (χ0v) is 19.2. The van der Waals surface area contributed by atoms with Gasteiger partial charge in [0.05, 0.1) is 11.8 Å². The van der Waals surface area contributed by atoms with Crippen molar-refractivity contribution in [3.63, 3.8) is 0 Å². The third-order valence-electron chi connectivity index (χ3n) is 5.99. The van der Waals surface area contributed by atoms with Gasteiger partial charge in [-0.05, 0) is 93.4 Å². The molecule has 0 spiro atoms. The van der Waals surface area contributed by atoms with Crippen LogP contribution in [0.5, 0.6) is 0 Å². The van der Waals surface area contributed by atoms with Crippen molar-refractivity contribution >= 4 is 35.0 Å². The summed E-state index contributed by atoms with van der Waals surface area (Å²) in [6.07, 6.45) is 6.84. The molecule has 2 atom stereocenters. The molecule has 5 heteroatoms. The molecule has 2 aromatic carbocycles. The lowest BCUT2D eigenvalue weighted by Gasteiger charge is -2.31. The summed E-state index contributed by atoms with van der Waals surface area (Å²) in [6, 6.07) is 16.7. The average Bonchev–Trinajstić information content (AvgIpc) is 3.09. The largest absolute Gasteiger partial charge is 0.309 e. The van der Waals surface area contributed by atoms with Crippen molar-refractivity contribution in [1.82, 2.24) is 9.91 Å². The molecule has 1 heterocycles. The molecule has 2 aliphatic rings. The van der Waals surface area contributed by atoms with Gasteiger partial charge in [0.25, 0.3) is 0 Å². The summed E-state index contributed by atoms with van der Waals surface area (Å²) in [5.41, 5.74) is 5.12. The van der Waals surface area contributed by atoms with Crippen LogP contribution in [-0.4, -0.2) is 42.8 Å². The van der Waals surface area contributed by atoms with Gasteiger partial charge < -0.3 is 4.90 Å². The van der Waals surface area contributed by atoms with E-state index in [4.69, 9.17) is 28.3 Å². The lowest BCUT2D eigenvalue weighted by atomic mass is 9.77. The third kappa shape index (κ3) is 4.91. The summed E-state index contributed by atoms with van der Waals surface area (Å²) >= 11 is 12.2. The number of hydrogen-bond donors (Lipinski definition) is 0. The van der Waals surface area contributed by atoms with E-state index in [1.807, 2.05) is 24.3 Å². The summed E-state index contributed by atoms with van der Waals surface area (Å²) in [6.45, 7) is 2.02. The summed E-state index contributed by atoms with van der Waals surface area (Å²) in [5.74, 6) is 0.429. The van der Waals surface area contributed by atoms with Crippen molar-refractivity contribution in [2.24, 2.45) is 11.0 Å². The molecule has 2 unspecified atom stereocenters. The number of benzene rings is 2. The minimum absolute atomic E-state index is 0.286. The van der Waals surface area contributed by atoms with Crippen LogP contribution in [0.2, 0.25) is 10.0 Å². The second kappa shape index (κ2) is 9.55. The highest BCUT2D eigenvalue weighted by Gasteiger charge is 2.40. The number of rotatable bonds is 6. The number of hydrazone groups is 1. The molecule has 0 N–H and O–H groups in total. The molecule has 3 nitrogen and oxygen atoms in total. The van der Waals surface area contributed by atoms with Crippen LogP contribution in [0.25, 0.3) is 6.08 Å². The lowest BCUT2D eigenvalue weighted by molar-refractivity contribution is 0.187. The van der Waals surface area contributed by atoms with Crippen LogP contribution in [0.4, 0.5) is 0 Å². The Bertz CT molecular complexity index is 916. The van der Waals surface area contributed by atoms with E-state index < -0.39 is 0 Å². The second-order valence-electron chi connectivity index (χ2n) is 8.52. The zero-order chi connectivity index (χ0) is 21.1. The normalized spacial score (nSPS) is 22.5. The first kappa shape index (κ1) is 21.4. The van der Waals surface area contributed by atoms with Gasteiger partial charge in [0.1, 0.15) is 0 Å². The Balaban J connectivity index is 1.64. The molecule has 158 valence electrons. The van der Waals surface area contributed by atoms with Gasteiger partial charge in [-0.25, -0.2) is 0 Å². The molecule has 0 amide bonds. The van der Waals surface area contributed by atoms with E-state index in [2.05, 4.69) is 54.3 Å². The van der Waals surface area contributed by atoms with Gasteiger partial charge in [-0.1, -0.05) is 47.5 Å². The molecule has 0 radical (unpaired) electrons. The van der Waals surface area contributed by atoms with Gasteiger partial charge in [0.15, 0.2) is 0 Å². The topological polar surface area (TPSA) is 18.8 Å². The van der Waals surface area contributed by atoms with Crippen molar-refractivity contribution in [2.45, 2.75) is 31.7 Å². The Morgan fingerprint density at radius 2 is 1.70 bits per heavy atom. The Hall–Kier alpha value is -1.81. The van der Waals surface area contributed by atoms with Gasteiger partial charge in [0.2, 0.25) is 0 Å². The standard InChI is InChI=1S/C25H29Cl2N3/c1-29(2)15-4-16-30-25(19-9-13-22(27)14-10-19)23-6-3-5-20(24(23)28-30)17-18-7-11-21(26)12-8-18/h7-14,17,23,25H,3-6,15-16H2,1-2H3. The molecule has 1 aliphatic carbocycles. The van der Waals surface area contributed by atoms with E-state index >= 15 is 0 Å². The fraction of sp³-hybridized carbons (Fsp3) is 0.400. The predicted molar refractivity (Wildman–Crippen MR) is 128 cm³/mol. The van der Waals surface area contributed by atoms with Crippen LogP contribution >= 0.6 is 23.2 Å². The molecular weight excluding hydrogens is 413 g/mol. The van der Waals surface area contributed by atoms with Gasteiger partial charge in [0, 0.05) is 22.5 Å². The maximum Gasteiger partial charge on any atom is 0.0804 e.